The number of β-amino-alcohol motifs (C(OH)–C–C–N with tert-alkyl or cyclic N) is 1. The molecule has 7 heteroatoms. The van der Waals surface area contributed by atoms with Crippen molar-refractivity contribution in [3.8, 4) is 0 Å². The molecule has 6 nitrogen and oxygen atoms in total. The maximum atomic E-state index is 12.2. The summed E-state index contributed by atoms with van der Waals surface area (Å²) >= 11 is 1.46. The average Bonchev–Trinajstić information content (AvgIpc) is 3.19. The summed E-state index contributed by atoms with van der Waals surface area (Å²) in [5.74, 6) is 0.624. The highest BCUT2D eigenvalue weighted by Crippen LogP contribution is 2.38. The van der Waals surface area contributed by atoms with E-state index >= 15 is 0 Å². The number of hydrogen-bond donors (Lipinski definition) is 1. The van der Waals surface area contributed by atoms with Gasteiger partial charge in [0.2, 0.25) is 10.1 Å². The molecule has 2 fully saturated rings. The quantitative estimate of drug-likeness (QED) is 0.921. The van der Waals surface area contributed by atoms with E-state index in [2.05, 4.69) is 15.0 Å². The van der Waals surface area contributed by atoms with Gasteiger partial charge in [-0.1, -0.05) is 37.5 Å². The number of aromatic nitrogens is 3. The minimum atomic E-state index is -0.306. The zero-order valence-electron chi connectivity index (χ0n) is 14.0. The molecule has 2 aromatic heterocycles. The molecule has 0 unspecified atom stereocenters. The highest BCUT2D eigenvalue weighted by molar-refractivity contribution is 7.20. The molecule has 1 saturated carbocycles. The molecule has 130 valence electrons. The predicted molar refractivity (Wildman–Crippen MR) is 94.8 cm³/mol. The van der Waals surface area contributed by atoms with Gasteiger partial charge in [0.25, 0.3) is 5.56 Å². The first-order valence-electron chi connectivity index (χ1n) is 9.00. The molecule has 4 rings (SSSR count). The lowest BCUT2D eigenvalue weighted by molar-refractivity contribution is 0.185. The lowest BCUT2D eigenvalue weighted by Gasteiger charge is -2.33. The fourth-order valence-electron chi connectivity index (χ4n) is 4.17. The predicted octanol–water partition coefficient (Wildman–Crippen LogP) is 2.23. The highest BCUT2D eigenvalue weighted by atomic mass is 32.1. The lowest BCUT2D eigenvalue weighted by Crippen LogP contribution is -2.36. The van der Waals surface area contributed by atoms with Gasteiger partial charge in [-0.2, -0.15) is 4.52 Å². The Labute approximate surface area is 145 Å². The van der Waals surface area contributed by atoms with Gasteiger partial charge in [0.1, 0.15) is 0 Å². The fraction of sp³-hybridized carbons (Fsp3) is 0.706. The van der Waals surface area contributed by atoms with Crippen molar-refractivity contribution < 1.29 is 5.11 Å². The molecule has 24 heavy (non-hydrogen) atoms. The zero-order valence-corrected chi connectivity index (χ0v) is 14.8. The SMILES string of the molecule is CCc1cc(=O)n2nc(N3C[C@@H](O)C[C@H]3C3CCCCC3)sc2n1. The van der Waals surface area contributed by atoms with Gasteiger partial charge in [-0.05, 0) is 31.6 Å². The molecule has 2 aromatic rings. The third kappa shape index (κ3) is 2.84. The number of rotatable bonds is 3. The summed E-state index contributed by atoms with van der Waals surface area (Å²) in [7, 11) is 0. The van der Waals surface area contributed by atoms with E-state index in [1.807, 2.05) is 6.92 Å². The summed E-state index contributed by atoms with van der Waals surface area (Å²) in [5.41, 5.74) is 0.689. The van der Waals surface area contributed by atoms with Crippen molar-refractivity contribution in [1.82, 2.24) is 14.6 Å². The number of fused-ring (bicyclic) bond motifs is 1. The van der Waals surface area contributed by atoms with Crippen LogP contribution in [0.2, 0.25) is 0 Å². The minimum absolute atomic E-state index is 0.117. The smallest absolute Gasteiger partial charge is 0.275 e. The second-order valence-electron chi connectivity index (χ2n) is 7.03. The van der Waals surface area contributed by atoms with E-state index in [1.165, 1.54) is 48.0 Å². The maximum absolute atomic E-state index is 12.2. The van der Waals surface area contributed by atoms with Crippen LogP contribution in [0.1, 0.15) is 51.1 Å². The number of aliphatic hydroxyl groups excluding tert-OH is 1. The molecular formula is C17H24N4O2S. The summed E-state index contributed by atoms with van der Waals surface area (Å²) < 4.78 is 1.40. The Kier molecular flexibility index (Phi) is 4.30. The third-order valence-corrected chi connectivity index (χ3v) is 6.36. The van der Waals surface area contributed by atoms with Crippen LogP contribution < -0.4 is 10.5 Å². The van der Waals surface area contributed by atoms with Gasteiger partial charge in [0.05, 0.1) is 6.10 Å². The normalized spacial score (nSPS) is 25.7. The number of anilines is 1. The van der Waals surface area contributed by atoms with Crippen LogP contribution in [0.5, 0.6) is 0 Å². The molecule has 2 atom stereocenters. The number of hydrogen-bond acceptors (Lipinski definition) is 6. The molecule has 0 spiro atoms. The molecule has 0 aromatic carbocycles. The van der Waals surface area contributed by atoms with Crippen molar-refractivity contribution in [1.29, 1.82) is 0 Å². The van der Waals surface area contributed by atoms with E-state index in [1.54, 1.807) is 6.07 Å². The lowest BCUT2D eigenvalue weighted by atomic mass is 9.83. The van der Waals surface area contributed by atoms with Crippen LogP contribution in [0.4, 0.5) is 5.13 Å². The third-order valence-electron chi connectivity index (χ3n) is 5.41. The molecule has 1 aliphatic heterocycles. The number of aryl methyl sites for hydroxylation is 1. The number of nitrogens with zero attached hydrogens (tertiary/aromatic N) is 4. The second-order valence-corrected chi connectivity index (χ2v) is 7.96. The van der Waals surface area contributed by atoms with Gasteiger partial charge < -0.3 is 10.0 Å². The first-order valence-corrected chi connectivity index (χ1v) is 9.82. The van der Waals surface area contributed by atoms with E-state index in [0.717, 1.165) is 23.7 Å². The van der Waals surface area contributed by atoms with Crippen molar-refractivity contribution >= 4 is 21.4 Å². The molecule has 3 heterocycles. The molecule has 1 saturated heterocycles. The van der Waals surface area contributed by atoms with Gasteiger partial charge >= 0.3 is 0 Å². The zero-order chi connectivity index (χ0) is 16.7. The Morgan fingerprint density at radius 3 is 2.88 bits per heavy atom. The molecule has 0 amide bonds. The van der Waals surface area contributed by atoms with Gasteiger partial charge in [-0.25, -0.2) is 4.98 Å². The second kappa shape index (κ2) is 6.44. The molecule has 1 N–H and O–H groups in total. The van der Waals surface area contributed by atoms with Crippen LogP contribution >= 0.6 is 11.3 Å². The van der Waals surface area contributed by atoms with Crippen LogP contribution in [0.25, 0.3) is 4.96 Å². The summed E-state index contributed by atoms with van der Waals surface area (Å²) in [6, 6.07) is 1.90. The summed E-state index contributed by atoms with van der Waals surface area (Å²) in [6.45, 7) is 2.60. The van der Waals surface area contributed by atoms with E-state index < -0.39 is 0 Å². The fourth-order valence-corrected chi connectivity index (χ4v) is 5.17. The summed E-state index contributed by atoms with van der Waals surface area (Å²) in [6.07, 6.45) is 7.60. The van der Waals surface area contributed by atoms with Crippen molar-refractivity contribution in [3.63, 3.8) is 0 Å². The first kappa shape index (κ1) is 16.0. The Hall–Kier alpha value is -1.47. The largest absolute Gasteiger partial charge is 0.391 e. The Balaban J connectivity index is 1.69. The standard InChI is InChI=1S/C17H24N4O2S/c1-2-12-8-15(23)21-16(18-12)24-17(19-21)20-10-13(22)9-14(20)11-6-4-3-5-7-11/h8,11,13-14,22H,2-7,9-10H2,1H3/t13-,14-/m0/s1. The summed E-state index contributed by atoms with van der Waals surface area (Å²) in [4.78, 5) is 19.6. The van der Waals surface area contributed by atoms with Crippen molar-refractivity contribution in [2.24, 2.45) is 5.92 Å². The van der Waals surface area contributed by atoms with E-state index in [4.69, 9.17) is 0 Å². The van der Waals surface area contributed by atoms with Gasteiger partial charge in [-0.15, -0.1) is 5.10 Å². The van der Waals surface area contributed by atoms with Crippen LogP contribution in [0, 0.1) is 5.92 Å². The van der Waals surface area contributed by atoms with E-state index in [0.29, 0.717) is 23.5 Å². The minimum Gasteiger partial charge on any atom is -0.391 e. The Bertz CT molecular complexity index is 780. The van der Waals surface area contributed by atoms with Crippen LogP contribution in [0.3, 0.4) is 0 Å². The molecule has 0 bridgehead atoms. The van der Waals surface area contributed by atoms with Crippen LogP contribution in [-0.4, -0.2) is 38.4 Å². The van der Waals surface area contributed by atoms with Crippen LogP contribution in [-0.2, 0) is 6.42 Å². The van der Waals surface area contributed by atoms with E-state index in [9.17, 15) is 9.90 Å². The van der Waals surface area contributed by atoms with Crippen molar-refractivity contribution in [2.75, 3.05) is 11.4 Å². The van der Waals surface area contributed by atoms with Gasteiger partial charge in [-0.3, -0.25) is 4.79 Å². The van der Waals surface area contributed by atoms with Crippen LogP contribution in [0.15, 0.2) is 10.9 Å². The van der Waals surface area contributed by atoms with Gasteiger partial charge in [0.15, 0.2) is 0 Å². The molecular weight excluding hydrogens is 324 g/mol. The van der Waals surface area contributed by atoms with Crippen molar-refractivity contribution in [2.45, 2.75) is 64.0 Å². The average molecular weight is 348 g/mol. The Morgan fingerprint density at radius 2 is 2.12 bits per heavy atom. The summed E-state index contributed by atoms with van der Waals surface area (Å²) in [5, 5.41) is 15.6. The Morgan fingerprint density at radius 1 is 1.33 bits per heavy atom. The topological polar surface area (TPSA) is 70.7 Å². The maximum Gasteiger partial charge on any atom is 0.275 e. The molecule has 2 aliphatic rings. The highest BCUT2D eigenvalue weighted by Gasteiger charge is 2.38. The number of aliphatic hydroxyl groups is 1. The van der Waals surface area contributed by atoms with Gasteiger partial charge in [0, 0.05) is 24.3 Å². The van der Waals surface area contributed by atoms with E-state index in [-0.39, 0.29) is 11.7 Å². The molecule has 1 aliphatic carbocycles. The monoisotopic (exact) mass is 348 g/mol. The first-order chi connectivity index (χ1) is 11.7. The van der Waals surface area contributed by atoms with Crippen molar-refractivity contribution in [3.05, 3.63) is 22.1 Å². The molecule has 0 radical (unpaired) electrons.